The molecule has 0 unspecified atom stereocenters. The van der Waals surface area contributed by atoms with Crippen molar-refractivity contribution < 1.29 is 71.8 Å². The van der Waals surface area contributed by atoms with E-state index in [4.69, 9.17) is 37.6 Å². The monoisotopic (exact) mass is 789 g/mol. The summed E-state index contributed by atoms with van der Waals surface area (Å²) < 4.78 is 47.0. The second-order valence-electron chi connectivity index (χ2n) is 14.4. The molecule has 1 amide bonds. The lowest BCUT2D eigenvalue weighted by molar-refractivity contribution is -0.343. The summed E-state index contributed by atoms with van der Waals surface area (Å²) in [4.78, 5) is 61.2. The zero-order chi connectivity index (χ0) is 40.7. The molecule has 16 nitrogen and oxygen atoms in total. The Hall–Kier alpha value is -4.23. The Balaban J connectivity index is 1.76. The molecule has 2 aromatic rings. The second-order valence-corrected chi connectivity index (χ2v) is 18.7. The summed E-state index contributed by atoms with van der Waals surface area (Å²) in [6.45, 7) is 11.0. The van der Waals surface area contributed by atoms with Gasteiger partial charge in [0.1, 0.15) is 37.1 Å². The van der Waals surface area contributed by atoms with E-state index in [1.165, 1.54) is 6.92 Å². The molecule has 55 heavy (non-hydrogen) atoms. The van der Waals surface area contributed by atoms with Crippen molar-refractivity contribution in [1.29, 1.82) is 0 Å². The molecule has 2 aromatic carbocycles. The molecule has 2 saturated heterocycles. The number of amides is 1. The van der Waals surface area contributed by atoms with Crippen molar-refractivity contribution in [3.63, 3.8) is 0 Å². The zero-order valence-corrected chi connectivity index (χ0v) is 33.2. The van der Waals surface area contributed by atoms with Crippen LogP contribution in [0.5, 0.6) is 0 Å². The number of hydrogen-bond acceptors (Lipinski definition) is 15. The lowest BCUT2D eigenvalue weighted by atomic mass is 9.95. The SMILES string of the molecule is CC(=O)N[C@@H]1[C@@H](O[C@@H]2O[C@H](COC(C)=O)[C@H](OC(C)=O)[C@H](OC(C)=O)[C@H]2OC(C)=O)[C@H](O)[C@@H](CO[Si](c2ccccc2)(c2ccccc2)C(C)(C)C)O[C@H]1O. The number of rotatable bonds is 13. The number of ether oxygens (including phenoxy) is 7. The van der Waals surface area contributed by atoms with E-state index in [1.807, 2.05) is 60.7 Å². The van der Waals surface area contributed by atoms with Crippen molar-refractivity contribution in [3.8, 4) is 0 Å². The average Bonchev–Trinajstić information content (AvgIpc) is 3.09. The van der Waals surface area contributed by atoms with Gasteiger partial charge in [-0.1, -0.05) is 81.4 Å². The van der Waals surface area contributed by atoms with Crippen molar-refractivity contribution in [3.05, 3.63) is 60.7 Å². The standard InChI is InChI=1S/C38H51NO15Si/c1-21(40)39-30-33(54-37-35(51-25(5)44)34(50-24(4)43)32(49-23(3)42)29(53-37)19-47-22(2)41)31(45)28(52-36(30)46)20-48-55(38(6,7)8,26-15-11-9-12-16-26)27-17-13-10-14-18-27/h9-18,28-37,45-46H,19-20H2,1-8H3,(H,39,40)/t28-,29-,30-,31-,32+,33-,34+,35-,36-,37+/m1/s1. The lowest BCUT2D eigenvalue weighted by Gasteiger charge is -2.49. The maximum Gasteiger partial charge on any atom is 0.303 e. The normalized spacial score (nSPS) is 28.3. The average molecular weight is 790 g/mol. The number of esters is 4. The van der Waals surface area contributed by atoms with Crippen molar-refractivity contribution in [2.75, 3.05) is 13.2 Å². The van der Waals surface area contributed by atoms with E-state index in [1.54, 1.807) is 0 Å². The van der Waals surface area contributed by atoms with Crippen molar-refractivity contribution in [1.82, 2.24) is 5.32 Å². The van der Waals surface area contributed by atoms with Crippen molar-refractivity contribution in [2.45, 2.75) is 122 Å². The van der Waals surface area contributed by atoms with Gasteiger partial charge in [0.25, 0.3) is 8.32 Å². The minimum absolute atomic E-state index is 0.253. The fourth-order valence-corrected chi connectivity index (χ4v) is 11.6. The van der Waals surface area contributed by atoms with Gasteiger partial charge in [0, 0.05) is 34.6 Å². The summed E-state index contributed by atoms with van der Waals surface area (Å²) in [6, 6.07) is 18.0. The number of carbonyl (C=O) groups excluding carboxylic acids is 5. The molecule has 4 rings (SSSR count). The summed E-state index contributed by atoms with van der Waals surface area (Å²) in [5, 5.41) is 27.4. The Morgan fingerprint density at radius 2 is 1.18 bits per heavy atom. The van der Waals surface area contributed by atoms with E-state index >= 15 is 0 Å². The van der Waals surface area contributed by atoms with Crippen LogP contribution < -0.4 is 15.7 Å². The van der Waals surface area contributed by atoms with Crippen LogP contribution >= 0.6 is 0 Å². The summed E-state index contributed by atoms with van der Waals surface area (Å²) in [6.07, 6.45) is -14.0. The Morgan fingerprint density at radius 3 is 1.65 bits per heavy atom. The quantitative estimate of drug-likeness (QED) is 0.144. The number of aliphatic hydroxyl groups is 2. The van der Waals surface area contributed by atoms with Crippen LogP contribution in [0.15, 0.2) is 60.7 Å². The summed E-state index contributed by atoms with van der Waals surface area (Å²) in [7, 11) is -3.19. The van der Waals surface area contributed by atoms with E-state index in [9.17, 15) is 34.2 Å². The number of hydrogen-bond donors (Lipinski definition) is 3. The largest absolute Gasteiger partial charge is 0.463 e. The van der Waals surface area contributed by atoms with Crippen LogP contribution in [0.25, 0.3) is 0 Å². The maximum absolute atomic E-state index is 12.4. The van der Waals surface area contributed by atoms with Crippen molar-refractivity contribution in [2.24, 2.45) is 0 Å². The second kappa shape index (κ2) is 18.6. The molecule has 2 heterocycles. The van der Waals surface area contributed by atoms with E-state index < -0.39 is 111 Å². The van der Waals surface area contributed by atoms with Gasteiger partial charge in [-0.25, -0.2) is 0 Å². The van der Waals surface area contributed by atoms with Crippen molar-refractivity contribution >= 4 is 48.5 Å². The van der Waals surface area contributed by atoms with Gasteiger partial charge in [0.05, 0.1) is 6.61 Å². The Bertz CT molecular complexity index is 1600. The fraction of sp³-hybridized carbons (Fsp3) is 0.553. The molecule has 3 N–H and O–H groups in total. The highest BCUT2D eigenvalue weighted by atomic mass is 28.4. The number of aliphatic hydroxyl groups excluding tert-OH is 2. The Morgan fingerprint density at radius 1 is 0.673 bits per heavy atom. The molecular formula is C38H51NO15Si. The molecular weight excluding hydrogens is 738 g/mol. The first-order valence-corrected chi connectivity index (χ1v) is 19.8. The minimum Gasteiger partial charge on any atom is -0.463 e. The third-order valence-electron chi connectivity index (χ3n) is 9.18. The number of nitrogens with one attached hydrogen (secondary N) is 1. The highest BCUT2D eigenvalue weighted by Crippen LogP contribution is 2.38. The number of benzene rings is 2. The molecule has 0 bridgehead atoms. The van der Waals surface area contributed by atoms with Gasteiger partial charge in [-0.2, -0.15) is 0 Å². The molecule has 2 fully saturated rings. The van der Waals surface area contributed by atoms with Crippen LogP contribution in [0.1, 0.15) is 55.4 Å². The van der Waals surface area contributed by atoms with E-state index in [2.05, 4.69) is 26.1 Å². The Labute approximate surface area is 320 Å². The third-order valence-corrected chi connectivity index (χ3v) is 14.2. The molecule has 2 aliphatic rings. The summed E-state index contributed by atoms with van der Waals surface area (Å²) in [5.74, 6) is -3.88. The molecule has 302 valence electrons. The van der Waals surface area contributed by atoms with E-state index in [0.29, 0.717) is 0 Å². The highest BCUT2D eigenvalue weighted by molar-refractivity contribution is 6.99. The molecule has 0 aromatic heterocycles. The van der Waals surface area contributed by atoms with Crippen LogP contribution in [0.4, 0.5) is 0 Å². The van der Waals surface area contributed by atoms with Crippen LogP contribution in [0, 0.1) is 0 Å². The lowest BCUT2D eigenvalue weighted by Crippen LogP contribution is -2.70. The molecule has 0 aliphatic carbocycles. The first kappa shape index (κ1) is 43.5. The summed E-state index contributed by atoms with van der Waals surface area (Å²) in [5.41, 5.74) is 0. The molecule has 2 aliphatic heterocycles. The van der Waals surface area contributed by atoms with Crippen LogP contribution in [0.2, 0.25) is 5.04 Å². The predicted octanol–water partition coefficient (Wildman–Crippen LogP) is 0.614. The van der Waals surface area contributed by atoms with Gasteiger partial charge >= 0.3 is 23.9 Å². The zero-order valence-electron chi connectivity index (χ0n) is 32.2. The van der Waals surface area contributed by atoms with Gasteiger partial charge < -0.3 is 53.1 Å². The van der Waals surface area contributed by atoms with Gasteiger partial charge in [-0.05, 0) is 15.4 Å². The Kier molecular flexibility index (Phi) is 14.7. The maximum atomic E-state index is 12.4. The fourth-order valence-electron chi connectivity index (χ4n) is 7.04. The van der Waals surface area contributed by atoms with Gasteiger partial charge in [-0.3, -0.25) is 24.0 Å². The molecule has 17 heteroatoms. The van der Waals surface area contributed by atoms with Gasteiger partial charge in [0.2, 0.25) is 5.91 Å². The van der Waals surface area contributed by atoms with Gasteiger partial charge in [0.15, 0.2) is 30.9 Å². The molecule has 0 radical (unpaired) electrons. The van der Waals surface area contributed by atoms with E-state index in [0.717, 1.165) is 38.1 Å². The third kappa shape index (κ3) is 10.5. The van der Waals surface area contributed by atoms with Crippen LogP contribution in [-0.4, -0.2) is 123 Å². The molecule has 10 atom stereocenters. The molecule has 0 spiro atoms. The summed E-state index contributed by atoms with van der Waals surface area (Å²) >= 11 is 0. The first-order valence-electron chi connectivity index (χ1n) is 17.8. The van der Waals surface area contributed by atoms with Crippen LogP contribution in [0.3, 0.4) is 0 Å². The van der Waals surface area contributed by atoms with E-state index in [-0.39, 0.29) is 6.61 Å². The highest BCUT2D eigenvalue weighted by Gasteiger charge is 2.57. The van der Waals surface area contributed by atoms with Gasteiger partial charge in [-0.15, -0.1) is 0 Å². The first-order chi connectivity index (χ1) is 25.8. The van der Waals surface area contributed by atoms with Crippen LogP contribution in [-0.2, 0) is 61.6 Å². The topological polar surface area (TPSA) is 212 Å². The molecule has 0 saturated carbocycles. The smallest absolute Gasteiger partial charge is 0.303 e. The number of carbonyl (C=O) groups is 5. The minimum atomic E-state index is -3.19. The predicted molar refractivity (Wildman–Crippen MR) is 195 cm³/mol.